The Bertz CT molecular complexity index is 739. The number of ether oxygens (including phenoxy) is 1. The molecule has 0 saturated carbocycles. The second kappa shape index (κ2) is 10.4. The molecular formula is C26H44N4O3. The number of piperidine rings is 2. The van der Waals surface area contributed by atoms with Crippen LogP contribution in [0.25, 0.3) is 0 Å². The first-order valence-corrected chi connectivity index (χ1v) is 13.4. The summed E-state index contributed by atoms with van der Waals surface area (Å²) in [6.07, 6.45) is 16.2. The normalized spacial score (nSPS) is 36.4. The minimum atomic E-state index is -0.437. The van der Waals surface area contributed by atoms with Crippen molar-refractivity contribution in [2.75, 3.05) is 13.1 Å². The first-order chi connectivity index (χ1) is 15.9. The maximum absolute atomic E-state index is 12.8. The lowest BCUT2D eigenvalue weighted by Crippen LogP contribution is -2.60. The van der Waals surface area contributed by atoms with Crippen molar-refractivity contribution >= 4 is 11.9 Å². The van der Waals surface area contributed by atoms with Gasteiger partial charge < -0.3 is 15.8 Å². The zero-order valence-electron chi connectivity index (χ0n) is 20.7. The summed E-state index contributed by atoms with van der Waals surface area (Å²) in [7, 11) is 0. The van der Waals surface area contributed by atoms with Crippen LogP contribution in [-0.2, 0) is 14.3 Å². The third kappa shape index (κ3) is 5.30. The molecule has 0 aromatic heterocycles. The number of amides is 1. The van der Waals surface area contributed by atoms with Crippen molar-refractivity contribution in [1.29, 1.82) is 0 Å². The Balaban J connectivity index is 1.29. The van der Waals surface area contributed by atoms with Gasteiger partial charge in [0.25, 0.3) is 0 Å². The predicted molar refractivity (Wildman–Crippen MR) is 129 cm³/mol. The fourth-order valence-electron chi connectivity index (χ4n) is 6.94. The molecule has 5 atom stereocenters. The van der Waals surface area contributed by atoms with E-state index in [1.54, 1.807) is 0 Å². The lowest BCUT2D eigenvalue weighted by Gasteiger charge is -2.45. The van der Waals surface area contributed by atoms with Gasteiger partial charge in [0.1, 0.15) is 6.10 Å². The third-order valence-corrected chi connectivity index (χ3v) is 8.56. The van der Waals surface area contributed by atoms with Crippen molar-refractivity contribution in [2.24, 2.45) is 5.73 Å². The highest BCUT2D eigenvalue weighted by Crippen LogP contribution is 2.43. The van der Waals surface area contributed by atoms with Gasteiger partial charge in [0.2, 0.25) is 5.91 Å². The van der Waals surface area contributed by atoms with Gasteiger partial charge in [-0.05, 0) is 57.8 Å². The topological polar surface area (TPSA) is 87.9 Å². The summed E-state index contributed by atoms with van der Waals surface area (Å²) in [5, 5.41) is 3.26. The zero-order valence-corrected chi connectivity index (χ0v) is 20.7. The van der Waals surface area contributed by atoms with E-state index in [1.807, 2.05) is 0 Å². The average molecular weight is 461 g/mol. The fourth-order valence-corrected chi connectivity index (χ4v) is 6.94. The second-order valence-electron chi connectivity index (χ2n) is 10.8. The number of esters is 1. The van der Waals surface area contributed by atoms with Gasteiger partial charge in [-0.15, -0.1) is 0 Å². The maximum atomic E-state index is 12.8. The van der Waals surface area contributed by atoms with Crippen LogP contribution in [0.2, 0.25) is 0 Å². The Morgan fingerprint density at radius 1 is 1.00 bits per heavy atom. The standard InChI is InChI=1S/C26H44N4O3/c1-3-5-16-29-21-11-14-25(29,27)19-22(18-21)33-24(32)10-9-23(31)28-26-13-7-8-20(12-15-26)30(26)17-6-4-2/h9-10,20-22H,3-8,11-19,27H2,1-2H3,(H,28,31)/b10-9+. The van der Waals surface area contributed by atoms with Crippen molar-refractivity contribution in [3.05, 3.63) is 12.2 Å². The van der Waals surface area contributed by atoms with Crippen LogP contribution < -0.4 is 11.1 Å². The van der Waals surface area contributed by atoms with E-state index in [0.717, 1.165) is 83.7 Å². The Hall–Kier alpha value is -1.44. The van der Waals surface area contributed by atoms with Gasteiger partial charge in [-0.2, -0.15) is 0 Å². The minimum Gasteiger partial charge on any atom is -0.459 e. The molecule has 4 bridgehead atoms. The van der Waals surface area contributed by atoms with Crippen LogP contribution in [0.15, 0.2) is 12.2 Å². The molecule has 4 fully saturated rings. The van der Waals surface area contributed by atoms with E-state index in [0.29, 0.717) is 18.5 Å². The van der Waals surface area contributed by atoms with Crippen LogP contribution in [0, 0.1) is 0 Å². The molecule has 3 N–H and O–H groups in total. The highest BCUT2D eigenvalue weighted by Gasteiger charge is 2.50. The molecule has 4 rings (SSSR count). The van der Waals surface area contributed by atoms with E-state index >= 15 is 0 Å². The van der Waals surface area contributed by atoms with Crippen molar-refractivity contribution in [3.63, 3.8) is 0 Å². The van der Waals surface area contributed by atoms with Crippen LogP contribution in [0.5, 0.6) is 0 Å². The number of carbonyl (C=O) groups is 2. The number of hydrogen-bond acceptors (Lipinski definition) is 6. The third-order valence-electron chi connectivity index (χ3n) is 8.56. The Morgan fingerprint density at radius 3 is 2.45 bits per heavy atom. The van der Waals surface area contributed by atoms with E-state index in [2.05, 4.69) is 29.0 Å². The number of unbranched alkanes of at least 4 members (excludes halogenated alkanes) is 2. The molecule has 7 heteroatoms. The molecule has 0 aromatic rings. The van der Waals surface area contributed by atoms with Crippen molar-refractivity contribution < 1.29 is 14.3 Å². The Kier molecular flexibility index (Phi) is 7.81. The van der Waals surface area contributed by atoms with E-state index in [-0.39, 0.29) is 23.3 Å². The number of nitrogens with one attached hydrogen (secondary N) is 1. The summed E-state index contributed by atoms with van der Waals surface area (Å²) < 4.78 is 5.74. The number of carbonyl (C=O) groups excluding carboxylic acids is 2. The predicted octanol–water partition coefficient (Wildman–Crippen LogP) is 3.43. The molecule has 4 aliphatic heterocycles. The monoisotopic (exact) mass is 460 g/mol. The van der Waals surface area contributed by atoms with Gasteiger partial charge in [-0.3, -0.25) is 14.6 Å². The summed E-state index contributed by atoms with van der Waals surface area (Å²) >= 11 is 0. The molecule has 0 aromatic carbocycles. The summed E-state index contributed by atoms with van der Waals surface area (Å²) in [5.41, 5.74) is 6.11. The van der Waals surface area contributed by atoms with Gasteiger partial charge in [-0.1, -0.05) is 26.7 Å². The lowest BCUT2D eigenvalue weighted by molar-refractivity contribution is -0.149. The van der Waals surface area contributed by atoms with Gasteiger partial charge in [0, 0.05) is 50.2 Å². The quantitative estimate of drug-likeness (QED) is 0.384. The molecule has 186 valence electrons. The lowest BCUT2D eigenvalue weighted by atomic mass is 9.94. The van der Waals surface area contributed by atoms with Crippen LogP contribution in [0.4, 0.5) is 0 Å². The molecule has 7 nitrogen and oxygen atoms in total. The summed E-state index contributed by atoms with van der Waals surface area (Å²) in [5.74, 6) is -0.630. The Labute approximate surface area is 199 Å². The summed E-state index contributed by atoms with van der Waals surface area (Å²) in [6, 6.07) is 0.983. The molecule has 33 heavy (non-hydrogen) atoms. The molecule has 4 heterocycles. The molecule has 5 unspecified atom stereocenters. The van der Waals surface area contributed by atoms with Crippen molar-refractivity contribution in [2.45, 2.75) is 127 Å². The number of rotatable bonds is 10. The van der Waals surface area contributed by atoms with E-state index in [4.69, 9.17) is 10.5 Å². The first kappa shape index (κ1) is 24.7. The largest absolute Gasteiger partial charge is 0.459 e. The van der Waals surface area contributed by atoms with Crippen LogP contribution in [0.3, 0.4) is 0 Å². The number of fused-ring (bicyclic) bond motifs is 4. The van der Waals surface area contributed by atoms with Crippen LogP contribution in [0.1, 0.15) is 97.3 Å². The minimum absolute atomic E-state index is 0.169. The van der Waals surface area contributed by atoms with Crippen molar-refractivity contribution in [1.82, 2.24) is 15.1 Å². The van der Waals surface area contributed by atoms with Crippen molar-refractivity contribution in [3.8, 4) is 0 Å². The number of nitrogens with zero attached hydrogens (tertiary/aromatic N) is 2. The van der Waals surface area contributed by atoms with Gasteiger partial charge in [0.05, 0.1) is 11.3 Å². The number of nitrogens with two attached hydrogens (primary N) is 1. The second-order valence-corrected chi connectivity index (χ2v) is 10.8. The van der Waals surface area contributed by atoms with Crippen LogP contribution >= 0.6 is 0 Å². The highest BCUT2D eigenvalue weighted by atomic mass is 16.5. The smallest absolute Gasteiger partial charge is 0.331 e. The van der Waals surface area contributed by atoms with Gasteiger partial charge in [-0.25, -0.2) is 4.79 Å². The fraction of sp³-hybridized carbons (Fsp3) is 0.846. The summed E-state index contributed by atoms with van der Waals surface area (Å²) in [4.78, 5) is 30.2. The highest BCUT2D eigenvalue weighted by molar-refractivity contribution is 5.95. The Morgan fingerprint density at radius 2 is 1.73 bits per heavy atom. The van der Waals surface area contributed by atoms with E-state index in [1.165, 1.54) is 18.6 Å². The molecule has 1 amide bonds. The van der Waals surface area contributed by atoms with Gasteiger partial charge in [0.15, 0.2) is 0 Å². The van der Waals surface area contributed by atoms with Gasteiger partial charge >= 0.3 is 5.97 Å². The van der Waals surface area contributed by atoms with E-state index in [9.17, 15) is 9.59 Å². The molecule has 0 spiro atoms. The first-order valence-electron chi connectivity index (χ1n) is 13.4. The SMILES string of the molecule is CCCCN1C2CCC1(N)CC(OC(=O)/C=C/C(=O)NC13CCCC(CC1)N3CCCC)C2. The molecule has 4 aliphatic rings. The van der Waals surface area contributed by atoms with Crippen LogP contribution in [-0.4, -0.2) is 64.3 Å². The zero-order chi connectivity index (χ0) is 23.5. The molecule has 0 radical (unpaired) electrons. The number of hydrogen-bond donors (Lipinski definition) is 2. The molecule has 4 saturated heterocycles. The van der Waals surface area contributed by atoms with E-state index < -0.39 is 5.97 Å². The average Bonchev–Trinajstić information content (AvgIpc) is 3.08. The molecule has 0 aliphatic carbocycles. The molecular weight excluding hydrogens is 416 g/mol. The maximum Gasteiger partial charge on any atom is 0.331 e. The summed E-state index contributed by atoms with van der Waals surface area (Å²) in [6.45, 7) is 6.46.